The molecule has 1 aromatic carbocycles. The maximum atomic E-state index is 11.8. The van der Waals surface area contributed by atoms with Gasteiger partial charge in [0, 0.05) is 30.3 Å². The van der Waals surface area contributed by atoms with Crippen molar-refractivity contribution in [3.63, 3.8) is 0 Å². The third-order valence-corrected chi connectivity index (χ3v) is 2.21. The van der Waals surface area contributed by atoms with Crippen LogP contribution in [0.15, 0.2) is 24.3 Å². The molecular weight excluding hydrogens is 216 g/mol. The lowest BCUT2D eigenvalue weighted by Gasteiger charge is -2.18. The molecule has 94 valence electrons. The largest absolute Gasteiger partial charge is 0.380 e. The summed E-state index contributed by atoms with van der Waals surface area (Å²) in [7, 11) is 1.63. The van der Waals surface area contributed by atoms with Crippen molar-refractivity contribution in [1.82, 2.24) is 0 Å². The van der Waals surface area contributed by atoms with Gasteiger partial charge in [0.2, 0.25) is 5.91 Å². The summed E-state index contributed by atoms with van der Waals surface area (Å²) in [6.07, 6.45) is 0.286. The van der Waals surface area contributed by atoms with Crippen molar-refractivity contribution in [2.24, 2.45) is 5.73 Å². The van der Waals surface area contributed by atoms with E-state index >= 15 is 0 Å². The van der Waals surface area contributed by atoms with Crippen molar-refractivity contribution in [3.8, 4) is 0 Å². The molecule has 0 spiro atoms. The van der Waals surface area contributed by atoms with E-state index in [1.807, 2.05) is 38.1 Å². The van der Waals surface area contributed by atoms with Crippen molar-refractivity contribution in [2.45, 2.75) is 32.4 Å². The van der Waals surface area contributed by atoms with Gasteiger partial charge in [-0.05, 0) is 19.9 Å². The number of ether oxygens (including phenoxy) is 1. The van der Waals surface area contributed by atoms with Crippen LogP contribution in [0, 0.1) is 0 Å². The van der Waals surface area contributed by atoms with Gasteiger partial charge in [0.1, 0.15) is 0 Å². The van der Waals surface area contributed by atoms with Gasteiger partial charge < -0.3 is 15.8 Å². The first kappa shape index (κ1) is 13.7. The zero-order chi connectivity index (χ0) is 12.9. The number of nitrogens with one attached hydrogen (secondary N) is 1. The van der Waals surface area contributed by atoms with E-state index < -0.39 is 5.54 Å². The molecule has 0 radical (unpaired) electrons. The molecule has 0 aromatic heterocycles. The highest BCUT2D eigenvalue weighted by molar-refractivity contribution is 5.92. The number of hydrogen-bond donors (Lipinski definition) is 2. The zero-order valence-electron chi connectivity index (χ0n) is 10.6. The van der Waals surface area contributed by atoms with Crippen LogP contribution in [0.2, 0.25) is 0 Å². The molecule has 17 heavy (non-hydrogen) atoms. The summed E-state index contributed by atoms with van der Waals surface area (Å²) in [6.45, 7) is 4.13. The summed E-state index contributed by atoms with van der Waals surface area (Å²) in [5, 5.41) is 2.85. The van der Waals surface area contributed by atoms with Crippen LogP contribution in [-0.2, 0) is 16.1 Å². The summed E-state index contributed by atoms with van der Waals surface area (Å²) in [5.41, 5.74) is 7.04. The predicted octanol–water partition coefficient (Wildman–Crippen LogP) is 1.90. The highest BCUT2D eigenvalue weighted by atomic mass is 16.5. The van der Waals surface area contributed by atoms with Gasteiger partial charge in [0.25, 0.3) is 0 Å². The van der Waals surface area contributed by atoms with E-state index in [0.717, 1.165) is 11.3 Å². The molecule has 4 nitrogen and oxygen atoms in total. The summed E-state index contributed by atoms with van der Waals surface area (Å²) in [4.78, 5) is 11.8. The molecule has 0 atom stereocenters. The van der Waals surface area contributed by atoms with E-state index in [2.05, 4.69) is 5.32 Å². The molecule has 0 aliphatic heterocycles. The van der Waals surface area contributed by atoms with E-state index in [4.69, 9.17) is 10.5 Å². The minimum Gasteiger partial charge on any atom is -0.380 e. The lowest BCUT2D eigenvalue weighted by molar-refractivity contribution is -0.117. The van der Waals surface area contributed by atoms with E-state index in [9.17, 15) is 4.79 Å². The first-order valence-corrected chi connectivity index (χ1v) is 5.58. The zero-order valence-corrected chi connectivity index (χ0v) is 10.6. The third kappa shape index (κ3) is 4.97. The van der Waals surface area contributed by atoms with Crippen LogP contribution in [0.1, 0.15) is 25.8 Å². The van der Waals surface area contributed by atoms with Crippen LogP contribution in [0.4, 0.5) is 5.69 Å². The number of amides is 1. The van der Waals surface area contributed by atoms with Crippen LogP contribution in [-0.4, -0.2) is 18.6 Å². The van der Waals surface area contributed by atoms with Gasteiger partial charge in [-0.2, -0.15) is 0 Å². The highest BCUT2D eigenvalue weighted by Crippen LogP contribution is 2.17. The third-order valence-electron chi connectivity index (χ3n) is 2.21. The van der Waals surface area contributed by atoms with E-state index in [1.165, 1.54) is 0 Å². The molecule has 0 saturated heterocycles. The molecule has 0 saturated carbocycles. The van der Waals surface area contributed by atoms with Gasteiger partial charge in [-0.25, -0.2) is 0 Å². The van der Waals surface area contributed by atoms with Crippen molar-refractivity contribution < 1.29 is 9.53 Å². The normalized spacial score (nSPS) is 11.3. The van der Waals surface area contributed by atoms with E-state index in [0.29, 0.717) is 6.61 Å². The molecule has 1 rings (SSSR count). The smallest absolute Gasteiger partial charge is 0.226 e. The number of rotatable bonds is 5. The van der Waals surface area contributed by atoms with E-state index in [1.54, 1.807) is 7.11 Å². The van der Waals surface area contributed by atoms with Gasteiger partial charge in [-0.15, -0.1) is 0 Å². The number of carbonyl (C=O) groups excluding carboxylic acids is 1. The summed E-state index contributed by atoms with van der Waals surface area (Å²) in [5.74, 6) is -0.0824. The number of anilines is 1. The van der Waals surface area contributed by atoms with Crippen molar-refractivity contribution in [1.29, 1.82) is 0 Å². The van der Waals surface area contributed by atoms with Crippen LogP contribution in [0.3, 0.4) is 0 Å². The molecule has 1 amide bonds. The van der Waals surface area contributed by atoms with Gasteiger partial charge in [-0.1, -0.05) is 18.2 Å². The Morgan fingerprint density at radius 2 is 2.06 bits per heavy atom. The minimum atomic E-state index is -0.500. The fourth-order valence-corrected chi connectivity index (χ4v) is 1.53. The van der Waals surface area contributed by atoms with Crippen LogP contribution >= 0.6 is 0 Å². The van der Waals surface area contributed by atoms with Crippen molar-refractivity contribution >= 4 is 11.6 Å². The number of nitrogens with two attached hydrogens (primary N) is 1. The Labute approximate surface area is 102 Å². The second kappa shape index (κ2) is 5.80. The molecule has 0 unspecified atom stereocenters. The maximum Gasteiger partial charge on any atom is 0.226 e. The lowest BCUT2D eigenvalue weighted by Crippen LogP contribution is -2.36. The first-order valence-electron chi connectivity index (χ1n) is 5.58. The molecule has 0 heterocycles. The molecule has 0 fully saturated rings. The summed E-state index contributed by atoms with van der Waals surface area (Å²) >= 11 is 0. The van der Waals surface area contributed by atoms with Crippen LogP contribution < -0.4 is 11.1 Å². The van der Waals surface area contributed by atoms with Gasteiger partial charge >= 0.3 is 0 Å². The topological polar surface area (TPSA) is 64.3 Å². The second-order valence-corrected chi connectivity index (χ2v) is 4.80. The summed E-state index contributed by atoms with van der Waals surface area (Å²) in [6, 6.07) is 7.57. The Morgan fingerprint density at radius 3 is 2.65 bits per heavy atom. The number of para-hydroxylation sites is 1. The fraction of sp³-hybridized carbons (Fsp3) is 0.462. The fourth-order valence-electron chi connectivity index (χ4n) is 1.53. The van der Waals surface area contributed by atoms with Gasteiger partial charge in [-0.3, -0.25) is 4.79 Å². The quantitative estimate of drug-likeness (QED) is 0.820. The average Bonchev–Trinajstić information content (AvgIpc) is 2.18. The predicted molar refractivity (Wildman–Crippen MR) is 68.7 cm³/mol. The Hall–Kier alpha value is -1.39. The number of carbonyl (C=O) groups is 1. The standard InChI is InChI=1S/C13H20N2O2/c1-13(2,14)8-12(16)15-11-7-5-4-6-10(11)9-17-3/h4-7H,8-9,14H2,1-3H3,(H,15,16). The second-order valence-electron chi connectivity index (χ2n) is 4.80. The van der Waals surface area contributed by atoms with E-state index in [-0.39, 0.29) is 12.3 Å². The highest BCUT2D eigenvalue weighted by Gasteiger charge is 2.16. The number of methoxy groups -OCH3 is 1. The van der Waals surface area contributed by atoms with Crippen LogP contribution in [0.25, 0.3) is 0 Å². The summed E-state index contributed by atoms with van der Waals surface area (Å²) < 4.78 is 5.08. The van der Waals surface area contributed by atoms with Crippen LogP contribution in [0.5, 0.6) is 0 Å². The van der Waals surface area contributed by atoms with Crippen molar-refractivity contribution in [2.75, 3.05) is 12.4 Å². The molecule has 0 aliphatic carbocycles. The molecule has 0 bridgehead atoms. The minimum absolute atomic E-state index is 0.0824. The van der Waals surface area contributed by atoms with Crippen molar-refractivity contribution in [3.05, 3.63) is 29.8 Å². The maximum absolute atomic E-state index is 11.8. The number of benzene rings is 1. The molecule has 0 aliphatic rings. The monoisotopic (exact) mass is 236 g/mol. The Balaban J connectivity index is 2.71. The Kier molecular flexibility index (Phi) is 4.66. The van der Waals surface area contributed by atoms with Gasteiger partial charge in [0.15, 0.2) is 0 Å². The molecule has 1 aromatic rings. The number of hydrogen-bond acceptors (Lipinski definition) is 3. The lowest BCUT2D eigenvalue weighted by atomic mass is 10.0. The molecular formula is C13H20N2O2. The molecule has 3 N–H and O–H groups in total. The van der Waals surface area contributed by atoms with Gasteiger partial charge in [0.05, 0.1) is 6.61 Å². The molecule has 4 heteroatoms. The SMILES string of the molecule is COCc1ccccc1NC(=O)CC(C)(C)N. The first-order chi connectivity index (χ1) is 7.92. The Bertz CT molecular complexity index is 383. The average molecular weight is 236 g/mol. The Morgan fingerprint density at radius 1 is 1.41 bits per heavy atom.